The zero-order chi connectivity index (χ0) is 10.1. The molecule has 1 saturated heterocycles. The van der Waals surface area contributed by atoms with E-state index in [1.165, 1.54) is 32.1 Å². The van der Waals surface area contributed by atoms with Gasteiger partial charge in [0.25, 0.3) is 0 Å². The molecule has 1 unspecified atom stereocenters. The van der Waals surface area contributed by atoms with Gasteiger partial charge in [0.05, 0.1) is 0 Å². The molecule has 0 spiro atoms. The molecule has 1 atom stereocenters. The van der Waals surface area contributed by atoms with Crippen LogP contribution in [-0.4, -0.2) is 23.4 Å². The molecule has 2 aliphatic rings. The molecule has 0 bridgehead atoms. The van der Waals surface area contributed by atoms with E-state index in [1.54, 1.807) is 0 Å². The minimum absolute atomic E-state index is 0.177. The van der Waals surface area contributed by atoms with Crippen LogP contribution in [0, 0.1) is 11.8 Å². The van der Waals surface area contributed by atoms with E-state index in [-0.39, 0.29) is 5.92 Å². The van der Waals surface area contributed by atoms with Crippen LogP contribution < -0.4 is 0 Å². The Morgan fingerprint density at radius 2 is 1.93 bits per heavy atom. The fourth-order valence-corrected chi connectivity index (χ4v) is 2.71. The van der Waals surface area contributed by atoms with Gasteiger partial charge >= 0.3 is 0 Å². The third-order valence-electron chi connectivity index (χ3n) is 3.77. The maximum atomic E-state index is 11.9. The van der Waals surface area contributed by atoms with Crippen LogP contribution in [0.25, 0.3) is 0 Å². The van der Waals surface area contributed by atoms with Crippen LogP contribution in [-0.2, 0) is 4.79 Å². The van der Waals surface area contributed by atoms with Crippen LogP contribution in [0.2, 0.25) is 0 Å². The van der Waals surface area contributed by atoms with Crippen molar-refractivity contribution in [3.63, 3.8) is 0 Å². The number of rotatable bonds is 2. The van der Waals surface area contributed by atoms with Crippen LogP contribution in [0.3, 0.4) is 0 Å². The minimum atomic E-state index is 0.177. The highest BCUT2D eigenvalue weighted by molar-refractivity contribution is 5.78. The van der Waals surface area contributed by atoms with Crippen molar-refractivity contribution >= 4 is 5.91 Å². The standard InChI is InChI=1S/C12H21NO/c1-9(2)12(14)13-8-4-7-11(13)10-5-3-6-10/h9-11H,3-8H2,1-2H3. The summed E-state index contributed by atoms with van der Waals surface area (Å²) in [6, 6.07) is 0.596. The Morgan fingerprint density at radius 3 is 2.43 bits per heavy atom. The highest BCUT2D eigenvalue weighted by Crippen LogP contribution is 2.37. The van der Waals surface area contributed by atoms with Gasteiger partial charge in [0.15, 0.2) is 0 Å². The molecule has 2 fully saturated rings. The Bertz CT molecular complexity index is 220. The highest BCUT2D eigenvalue weighted by atomic mass is 16.2. The summed E-state index contributed by atoms with van der Waals surface area (Å²) in [7, 11) is 0. The topological polar surface area (TPSA) is 20.3 Å². The van der Waals surface area contributed by atoms with E-state index in [9.17, 15) is 4.79 Å². The fraction of sp³-hybridized carbons (Fsp3) is 0.917. The van der Waals surface area contributed by atoms with Crippen molar-refractivity contribution in [3.8, 4) is 0 Å². The van der Waals surface area contributed by atoms with Crippen LogP contribution in [0.4, 0.5) is 0 Å². The molecule has 1 aliphatic heterocycles. The van der Waals surface area contributed by atoms with E-state index in [0.717, 1.165) is 12.5 Å². The molecule has 0 aromatic carbocycles. The molecule has 1 heterocycles. The van der Waals surface area contributed by atoms with Gasteiger partial charge in [-0.3, -0.25) is 4.79 Å². The molecular weight excluding hydrogens is 174 g/mol. The highest BCUT2D eigenvalue weighted by Gasteiger charge is 2.37. The quantitative estimate of drug-likeness (QED) is 0.662. The van der Waals surface area contributed by atoms with Crippen molar-refractivity contribution in [2.75, 3.05) is 6.54 Å². The molecule has 0 aromatic rings. The van der Waals surface area contributed by atoms with Gasteiger partial charge < -0.3 is 4.90 Å². The number of likely N-dealkylation sites (tertiary alicyclic amines) is 1. The zero-order valence-electron chi connectivity index (χ0n) is 9.33. The summed E-state index contributed by atoms with van der Waals surface area (Å²) < 4.78 is 0. The van der Waals surface area contributed by atoms with Crippen molar-refractivity contribution in [3.05, 3.63) is 0 Å². The second kappa shape index (κ2) is 3.92. The summed E-state index contributed by atoms with van der Waals surface area (Å²) in [5.41, 5.74) is 0. The minimum Gasteiger partial charge on any atom is -0.339 e. The van der Waals surface area contributed by atoms with Gasteiger partial charge in [-0.15, -0.1) is 0 Å². The maximum Gasteiger partial charge on any atom is 0.225 e. The molecule has 1 amide bonds. The Kier molecular flexibility index (Phi) is 2.80. The number of amides is 1. The molecule has 2 heteroatoms. The van der Waals surface area contributed by atoms with Crippen LogP contribution in [0.1, 0.15) is 46.0 Å². The van der Waals surface area contributed by atoms with Gasteiger partial charge in [-0.25, -0.2) is 0 Å². The fourth-order valence-electron chi connectivity index (χ4n) is 2.71. The van der Waals surface area contributed by atoms with Gasteiger partial charge in [-0.1, -0.05) is 20.3 Å². The second-order valence-corrected chi connectivity index (χ2v) is 5.09. The van der Waals surface area contributed by atoms with Crippen molar-refractivity contribution in [2.24, 2.45) is 11.8 Å². The van der Waals surface area contributed by atoms with Crippen molar-refractivity contribution < 1.29 is 4.79 Å². The Labute approximate surface area is 86.7 Å². The molecule has 0 N–H and O–H groups in total. The second-order valence-electron chi connectivity index (χ2n) is 5.09. The maximum absolute atomic E-state index is 11.9. The monoisotopic (exact) mass is 195 g/mol. The summed E-state index contributed by atoms with van der Waals surface area (Å²) in [4.78, 5) is 14.1. The molecule has 1 aliphatic carbocycles. The van der Waals surface area contributed by atoms with Crippen molar-refractivity contribution in [1.29, 1.82) is 0 Å². The third kappa shape index (κ3) is 1.67. The normalized spacial score (nSPS) is 28.2. The number of hydrogen-bond donors (Lipinski definition) is 0. The zero-order valence-corrected chi connectivity index (χ0v) is 9.33. The smallest absolute Gasteiger partial charge is 0.225 e. The largest absolute Gasteiger partial charge is 0.339 e. The summed E-state index contributed by atoms with van der Waals surface area (Å²) in [5, 5.41) is 0. The first-order chi connectivity index (χ1) is 6.70. The molecule has 0 aromatic heterocycles. The van der Waals surface area contributed by atoms with E-state index >= 15 is 0 Å². The predicted octanol–water partition coefficient (Wildman–Crippen LogP) is 2.43. The van der Waals surface area contributed by atoms with Gasteiger partial charge in [-0.2, -0.15) is 0 Å². The molecular formula is C12H21NO. The SMILES string of the molecule is CC(C)C(=O)N1CCCC1C1CCC1. The van der Waals surface area contributed by atoms with Crippen LogP contribution >= 0.6 is 0 Å². The Hall–Kier alpha value is -0.530. The number of carbonyl (C=O) groups is 1. The summed E-state index contributed by atoms with van der Waals surface area (Å²) in [5.74, 6) is 1.38. The predicted molar refractivity (Wildman–Crippen MR) is 56.9 cm³/mol. The Morgan fingerprint density at radius 1 is 1.21 bits per heavy atom. The number of hydrogen-bond acceptors (Lipinski definition) is 1. The lowest BCUT2D eigenvalue weighted by atomic mass is 9.78. The lowest BCUT2D eigenvalue weighted by Crippen LogP contribution is -2.44. The van der Waals surface area contributed by atoms with Crippen molar-refractivity contribution in [2.45, 2.75) is 52.0 Å². The molecule has 0 radical (unpaired) electrons. The summed E-state index contributed by atoms with van der Waals surface area (Å²) >= 11 is 0. The lowest BCUT2D eigenvalue weighted by Gasteiger charge is -2.37. The van der Waals surface area contributed by atoms with Crippen LogP contribution in [0.15, 0.2) is 0 Å². The number of nitrogens with zero attached hydrogens (tertiary/aromatic N) is 1. The average molecular weight is 195 g/mol. The van der Waals surface area contributed by atoms with E-state index in [1.807, 2.05) is 13.8 Å². The molecule has 2 rings (SSSR count). The molecule has 2 nitrogen and oxygen atoms in total. The van der Waals surface area contributed by atoms with E-state index < -0.39 is 0 Å². The van der Waals surface area contributed by atoms with Gasteiger partial charge in [0.2, 0.25) is 5.91 Å². The molecule has 80 valence electrons. The lowest BCUT2D eigenvalue weighted by molar-refractivity contribution is -0.136. The Balaban J connectivity index is 1.99. The van der Waals surface area contributed by atoms with Crippen molar-refractivity contribution in [1.82, 2.24) is 4.90 Å². The molecule has 1 saturated carbocycles. The number of carbonyl (C=O) groups excluding carboxylic acids is 1. The van der Waals surface area contributed by atoms with Gasteiger partial charge in [-0.05, 0) is 31.6 Å². The van der Waals surface area contributed by atoms with E-state index in [0.29, 0.717) is 11.9 Å². The summed E-state index contributed by atoms with van der Waals surface area (Å²) in [6.45, 7) is 5.04. The van der Waals surface area contributed by atoms with E-state index in [2.05, 4.69) is 4.90 Å². The first kappa shape index (κ1) is 10.0. The summed E-state index contributed by atoms with van der Waals surface area (Å²) in [6.07, 6.45) is 6.56. The first-order valence-electron chi connectivity index (χ1n) is 6.00. The van der Waals surface area contributed by atoms with Crippen LogP contribution in [0.5, 0.6) is 0 Å². The molecule has 14 heavy (non-hydrogen) atoms. The third-order valence-corrected chi connectivity index (χ3v) is 3.77. The average Bonchev–Trinajstić information content (AvgIpc) is 2.48. The van der Waals surface area contributed by atoms with E-state index in [4.69, 9.17) is 0 Å². The van der Waals surface area contributed by atoms with Gasteiger partial charge in [0, 0.05) is 18.5 Å². The van der Waals surface area contributed by atoms with Gasteiger partial charge in [0.1, 0.15) is 0 Å². The first-order valence-corrected chi connectivity index (χ1v) is 6.00.